The van der Waals surface area contributed by atoms with Gasteiger partial charge in [-0.1, -0.05) is 36.2 Å². The van der Waals surface area contributed by atoms with E-state index in [2.05, 4.69) is 10.6 Å². The number of amides is 2. The molecule has 5 nitrogen and oxygen atoms in total. The highest BCUT2D eigenvalue weighted by atomic mass is 35.5. The number of rotatable bonds is 5. The number of benzene rings is 2. The second kappa shape index (κ2) is 8.56. The number of carbonyl (C=O) groups is 2. The fourth-order valence-electron chi connectivity index (χ4n) is 4.05. The Kier molecular flexibility index (Phi) is 5.88. The van der Waals surface area contributed by atoms with Crippen molar-refractivity contribution < 1.29 is 14.3 Å². The first-order valence-electron chi connectivity index (χ1n) is 10.1. The SMILES string of the molecule is O=C(Nc1ccc(C2(C(=O)NC3CCOCC3)CCC2)cc1)c1cccc(Cl)c1. The van der Waals surface area contributed by atoms with Crippen LogP contribution in [-0.2, 0) is 14.9 Å². The number of carbonyl (C=O) groups excluding carboxylic acids is 2. The molecule has 0 bridgehead atoms. The number of nitrogens with one attached hydrogen (secondary N) is 2. The first-order chi connectivity index (χ1) is 14.1. The lowest BCUT2D eigenvalue weighted by Gasteiger charge is -2.42. The third-order valence-corrected chi connectivity index (χ3v) is 6.22. The van der Waals surface area contributed by atoms with Gasteiger partial charge in [0.1, 0.15) is 0 Å². The van der Waals surface area contributed by atoms with E-state index in [1.165, 1.54) is 0 Å². The molecule has 2 aromatic carbocycles. The van der Waals surface area contributed by atoms with Gasteiger partial charge in [0.05, 0.1) is 5.41 Å². The van der Waals surface area contributed by atoms with Gasteiger partial charge in [-0.2, -0.15) is 0 Å². The van der Waals surface area contributed by atoms with Gasteiger partial charge in [-0.15, -0.1) is 0 Å². The summed E-state index contributed by atoms with van der Waals surface area (Å²) in [5, 5.41) is 6.64. The van der Waals surface area contributed by atoms with Gasteiger partial charge < -0.3 is 15.4 Å². The van der Waals surface area contributed by atoms with Crippen LogP contribution in [0.3, 0.4) is 0 Å². The maximum absolute atomic E-state index is 13.1. The lowest BCUT2D eigenvalue weighted by molar-refractivity contribution is -0.131. The van der Waals surface area contributed by atoms with Crippen molar-refractivity contribution in [1.29, 1.82) is 0 Å². The van der Waals surface area contributed by atoms with Crippen molar-refractivity contribution in [3.63, 3.8) is 0 Å². The summed E-state index contributed by atoms with van der Waals surface area (Å²) in [5.74, 6) is -0.0952. The summed E-state index contributed by atoms with van der Waals surface area (Å²) in [6.07, 6.45) is 4.51. The first-order valence-corrected chi connectivity index (χ1v) is 10.5. The average molecular weight is 413 g/mol. The lowest BCUT2D eigenvalue weighted by Crippen LogP contribution is -2.52. The Bertz CT molecular complexity index is 887. The molecule has 1 saturated carbocycles. The quantitative estimate of drug-likeness (QED) is 0.768. The van der Waals surface area contributed by atoms with E-state index in [-0.39, 0.29) is 17.9 Å². The molecule has 2 fully saturated rings. The van der Waals surface area contributed by atoms with Crippen LogP contribution in [0.2, 0.25) is 5.02 Å². The van der Waals surface area contributed by atoms with Crippen molar-refractivity contribution in [2.75, 3.05) is 18.5 Å². The molecular formula is C23H25ClN2O3. The predicted molar refractivity (Wildman–Crippen MR) is 113 cm³/mol. The van der Waals surface area contributed by atoms with Gasteiger partial charge in [-0.05, 0) is 61.6 Å². The maximum atomic E-state index is 13.1. The van der Waals surface area contributed by atoms with Crippen molar-refractivity contribution in [1.82, 2.24) is 5.32 Å². The van der Waals surface area contributed by atoms with Crippen molar-refractivity contribution >= 4 is 29.1 Å². The number of halogens is 1. The molecule has 1 aliphatic carbocycles. The van der Waals surface area contributed by atoms with Crippen LogP contribution >= 0.6 is 11.6 Å². The second-order valence-electron chi connectivity index (χ2n) is 7.84. The Labute approximate surface area is 175 Å². The maximum Gasteiger partial charge on any atom is 0.255 e. The third-order valence-electron chi connectivity index (χ3n) is 5.98. The molecule has 1 saturated heterocycles. The zero-order valence-electron chi connectivity index (χ0n) is 16.2. The minimum atomic E-state index is -0.451. The summed E-state index contributed by atoms with van der Waals surface area (Å²) in [4.78, 5) is 25.5. The molecule has 2 aromatic rings. The summed E-state index contributed by atoms with van der Waals surface area (Å²) in [5.41, 5.74) is 1.76. The van der Waals surface area contributed by atoms with Gasteiger partial charge in [0.15, 0.2) is 0 Å². The number of hydrogen-bond donors (Lipinski definition) is 2. The molecule has 0 aromatic heterocycles. The lowest BCUT2D eigenvalue weighted by atomic mass is 9.63. The number of hydrogen-bond acceptors (Lipinski definition) is 3. The van der Waals surface area contributed by atoms with Gasteiger partial charge in [-0.25, -0.2) is 0 Å². The molecule has 0 atom stereocenters. The Morgan fingerprint density at radius 3 is 2.38 bits per heavy atom. The van der Waals surface area contributed by atoms with Crippen LogP contribution in [0.1, 0.15) is 48.0 Å². The summed E-state index contributed by atoms with van der Waals surface area (Å²) in [6, 6.07) is 14.7. The normalized spacial score (nSPS) is 18.5. The van der Waals surface area contributed by atoms with E-state index in [1.807, 2.05) is 24.3 Å². The first kappa shape index (κ1) is 19.9. The van der Waals surface area contributed by atoms with Crippen molar-refractivity contribution in [2.45, 2.75) is 43.6 Å². The zero-order valence-corrected chi connectivity index (χ0v) is 17.0. The molecule has 2 N–H and O–H groups in total. The van der Waals surface area contributed by atoms with E-state index in [4.69, 9.17) is 16.3 Å². The molecule has 6 heteroatoms. The van der Waals surface area contributed by atoms with Gasteiger partial charge in [-0.3, -0.25) is 9.59 Å². The monoisotopic (exact) mass is 412 g/mol. The van der Waals surface area contributed by atoms with Gasteiger partial charge >= 0.3 is 0 Å². The van der Waals surface area contributed by atoms with Crippen LogP contribution in [0.5, 0.6) is 0 Å². The second-order valence-corrected chi connectivity index (χ2v) is 8.27. The topological polar surface area (TPSA) is 67.4 Å². The molecule has 2 aliphatic rings. The van der Waals surface area contributed by atoms with Crippen LogP contribution in [0.4, 0.5) is 5.69 Å². The Morgan fingerprint density at radius 1 is 1.03 bits per heavy atom. The van der Waals surface area contributed by atoms with E-state index in [1.54, 1.807) is 24.3 Å². The summed E-state index contributed by atoms with van der Waals surface area (Å²) < 4.78 is 5.38. The average Bonchev–Trinajstić information content (AvgIpc) is 2.69. The van der Waals surface area contributed by atoms with Crippen LogP contribution in [0, 0.1) is 0 Å². The highest BCUT2D eigenvalue weighted by molar-refractivity contribution is 6.31. The predicted octanol–water partition coefficient (Wildman–Crippen LogP) is 4.31. The van der Waals surface area contributed by atoms with Crippen molar-refractivity contribution in [3.8, 4) is 0 Å². The van der Waals surface area contributed by atoms with Crippen LogP contribution < -0.4 is 10.6 Å². The van der Waals surface area contributed by atoms with E-state index in [9.17, 15) is 9.59 Å². The molecular weight excluding hydrogens is 388 g/mol. The fraction of sp³-hybridized carbons (Fsp3) is 0.391. The molecule has 1 aliphatic heterocycles. The van der Waals surface area contributed by atoms with Crippen molar-refractivity contribution in [3.05, 3.63) is 64.7 Å². The number of anilines is 1. The Morgan fingerprint density at radius 2 is 1.76 bits per heavy atom. The standard InChI is InChI=1S/C23H25ClN2O3/c24-18-4-1-3-16(15-18)21(27)25-19-7-5-17(6-8-19)23(11-2-12-23)22(28)26-20-9-13-29-14-10-20/h1,3-8,15,20H,2,9-14H2,(H,25,27)(H,26,28). The zero-order chi connectivity index (χ0) is 20.3. The fourth-order valence-corrected chi connectivity index (χ4v) is 4.24. The van der Waals surface area contributed by atoms with E-state index >= 15 is 0 Å². The van der Waals surface area contributed by atoms with Gasteiger partial charge in [0.2, 0.25) is 5.91 Å². The highest BCUT2D eigenvalue weighted by Crippen LogP contribution is 2.44. The molecule has 2 amide bonds. The Balaban J connectivity index is 1.44. The molecule has 0 spiro atoms. The van der Waals surface area contributed by atoms with E-state index in [0.29, 0.717) is 29.5 Å². The van der Waals surface area contributed by atoms with Crippen LogP contribution in [0.25, 0.3) is 0 Å². The largest absolute Gasteiger partial charge is 0.381 e. The van der Waals surface area contributed by atoms with E-state index < -0.39 is 5.41 Å². The summed E-state index contributed by atoms with van der Waals surface area (Å²) in [7, 11) is 0. The summed E-state index contributed by atoms with van der Waals surface area (Å²) >= 11 is 5.96. The van der Waals surface area contributed by atoms with Gasteiger partial charge in [0, 0.05) is 35.5 Å². The smallest absolute Gasteiger partial charge is 0.255 e. The van der Waals surface area contributed by atoms with Gasteiger partial charge in [0.25, 0.3) is 5.91 Å². The van der Waals surface area contributed by atoms with Crippen molar-refractivity contribution in [2.24, 2.45) is 0 Å². The molecule has 29 heavy (non-hydrogen) atoms. The summed E-state index contributed by atoms with van der Waals surface area (Å²) in [6.45, 7) is 1.41. The Hall–Kier alpha value is -2.37. The molecule has 4 rings (SSSR count). The van der Waals surface area contributed by atoms with Crippen LogP contribution in [-0.4, -0.2) is 31.1 Å². The highest BCUT2D eigenvalue weighted by Gasteiger charge is 2.46. The van der Waals surface area contributed by atoms with Crippen LogP contribution in [0.15, 0.2) is 48.5 Å². The molecule has 0 unspecified atom stereocenters. The van der Waals surface area contributed by atoms with E-state index in [0.717, 1.165) is 37.7 Å². The molecule has 0 radical (unpaired) electrons. The molecule has 152 valence electrons. The molecule has 1 heterocycles. The third kappa shape index (κ3) is 4.31. The number of ether oxygens (including phenoxy) is 1. The minimum absolute atomic E-state index is 0.117. The minimum Gasteiger partial charge on any atom is -0.381 e.